The van der Waals surface area contributed by atoms with E-state index in [0.29, 0.717) is 34.0 Å². The third-order valence-electron chi connectivity index (χ3n) is 3.85. The largest absolute Gasteiger partial charge is 0.531 e. The molecule has 0 amide bonds. The van der Waals surface area contributed by atoms with Gasteiger partial charge in [0.05, 0.1) is 5.52 Å². The van der Waals surface area contributed by atoms with Crippen molar-refractivity contribution in [1.29, 1.82) is 0 Å². The van der Waals surface area contributed by atoms with Crippen LogP contribution in [-0.4, -0.2) is 21.0 Å². The zero-order valence-corrected chi connectivity index (χ0v) is 15.1. The molecule has 3 rings (SSSR count). The summed E-state index contributed by atoms with van der Waals surface area (Å²) in [6.07, 6.45) is -1.40. The minimum absolute atomic E-state index is 0.400. The molecular formula is C19H21N3O4. The van der Waals surface area contributed by atoms with E-state index in [4.69, 9.17) is 20.4 Å². The van der Waals surface area contributed by atoms with E-state index in [-0.39, 0.29) is 0 Å². The summed E-state index contributed by atoms with van der Waals surface area (Å²) in [5.74, 6) is 1.79. The van der Waals surface area contributed by atoms with Gasteiger partial charge in [0, 0.05) is 17.2 Å². The Balaban J connectivity index is 2.04. The molecule has 0 aliphatic heterocycles. The van der Waals surface area contributed by atoms with Gasteiger partial charge < -0.3 is 15.6 Å². The van der Waals surface area contributed by atoms with Crippen molar-refractivity contribution in [2.45, 2.75) is 33.1 Å². The minimum Gasteiger partial charge on any atom is -0.457 e. The lowest BCUT2D eigenvalue weighted by Gasteiger charge is -2.18. The van der Waals surface area contributed by atoms with Crippen LogP contribution in [0, 0.1) is 6.92 Å². The molecule has 0 aliphatic rings. The second-order valence-electron chi connectivity index (χ2n) is 7.11. The van der Waals surface area contributed by atoms with Gasteiger partial charge in [-0.25, -0.2) is 9.78 Å². The number of hydrogen-bond donors (Lipinski definition) is 2. The Morgan fingerprint density at radius 3 is 2.54 bits per heavy atom. The Bertz CT molecular complexity index is 986. The average molecular weight is 355 g/mol. The molecule has 0 atom stereocenters. The van der Waals surface area contributed by atoms with Crippen LogP contribution in [0.25, 0.3) is 11.0 Å². The summed E-state index contributed by atoms with van der Waals surface area (Å²) in [5, 5.41) is 9.03. The predicted molar refractivity (Wildman–Crippen MR) is 98.7 cm³/mol. The summed E-state index contributed by atoms with van der Waals surface area (Å²) in [7, 11) is 0. The molecule has 26 heavy (non-hydrogen) atoms. The first-order valence-electron chi connectivity index (χ1n) is 8.13. The van der Waals surface area contributed by atoms with Gasteiger partial charge in [-0.05, 0) is 42.8 Å². The molecule has 1 heterocycles. The van der Waals surface area contributed by atoms with E-state index < -0.39 is 11.6 Å². The zero-order valence-electron chi connectivity index (χ0n) is 15.1. The van der Waals surface area contributed by atoms with E-state index >= 15 is 0 Å². The van der Waals surface area contributed by atoms with Gasteiger partial charge in [0.25, 0.3) is 0 Å². The molecule has 0 bridgehead atoms. The van der Waals surface area contributed by atoms with Gasteiger partial charge in [0.1, 0.15) is 17.0 Å². The molecule has 0 fully saturated rings. The molecule has 2 aromatic carbocycles. The van der Waals surface area contributed by atoms with Crippen molar-refractivity contribution in [3.05, 3.63) is 47.8 Å². The van der Waals surface area contributed by atoms with E-state index in [2.05, 4.69) is 4.98 Å². The van der Waals surface area contributed by atoms with E-state index in [0.717, 1.165) is 5.56 Å². The molecule has 1 aromatic heterocycles. The van der Waals surface area contributed by atoms with E-state index in [9.17, 15) is 4.79 Å². The molecule has 136 valence electrons. The molecule has 0 spiro atoms. The number of nitrogens with zero attached hydrogens (tertiary/aromatic N) is 2. The Hall–Kier alpha value is -3.22. The molecule has 0 aliphatic carbocycles. The number of ether oxygens (including phenoxy) is 1. The van der Waals surface area contributed by atoms with Crippen LogP contribution in [0.4, 0.5) is 10.5 Å². The molecule has 0 saturated carbocycles. The highest BCUT2D eigenvalue weighted by molar-refractivity contribution is 5.78. The molecular weight excluding hydrogens is 334 g/mol. The standard InChI is InChI=1S/C19H21N3O4/c1-11-9-12(20)5-8-16(11)25-13-6-7-15-14(10-13)21-17(19(2,3)4)22(15)26-18(23)24/h5-10H,20H2,1-4H3,(H,23,24). The van der Waals surface area contributed by atoms with Crippen LogP contribution in [0.5, 0.6) is 11.5 Å². The fourth-order valence-corrected chi connectivity index (χ4v) is 2.66. The lowest BCUT2D eigenvalue weighted by Crippen LogP contribution is -2.26. The Morgan fingerprint density at radius 1 is 1.19 bits per heavy atom. The lowest BCUT2D eigenvalue weighted by atomic mass is 9.96. The molecule has 0 unspecified atom stereocenters. The Labute approximate surface area is 150 Å². The summed E-state index contributed by atoms with van der Waals surface area (Å²) in [4.78, 5) is 20.5. The number of benzene rings is 2. The number of imidazole rings is 1. The third-order valence-corrected chi connectivity index (χ3v) is 3.85. The monoisotopic (exact) mass is 355 g/mol. The number of nitrogens with two attached hydrogens (primary N) is 1. The second kappa shape index (κ2) is 6.25. The maximum Gasteiger partial charge on any atom is 0.531 e. The van der Waals surface area contributed by atoms with Crippen molar-refractivity contribution in [1.82, 2.24) is 9.71 Å². The number of rotatable bonds is 3. The van der Waals surface area contributed by atoms with Crippen molar-refractivity contribution in [3.8, 4) is 11.5 Å². The average Bonchev–Trinajstić information content (AvgIpc) is 2.88. The number of nitrogen functional groups attached to an aromatic ring is 1. The molecule has 3 N–H and O–H groups in total. The second-order valence-corrected chi connectivity index (χ2v) is 7.11. The van der Waals surface area contributed by atoms with Crippen LogP contribution >= 0.6 is 0 Å². The van der Waals surface area contributed by atoms with Crippen LogP contribution in [0.1, 0.15) is 32.2 Å². The van der Waals surface area contributed by atoms with Gasteiger partial charge in [-0.3, -0.25) is 4.84 Å². The van der Waals surface area contributed by atoms with Gasteiger partial charge in [0.2, 0.25) is 0 Å². The number of carboxylic acid groups (broad SMARTS) is 1. The van der Waals surface area contributed by atoms with Crippen molar-refractivity contribution in [2.24, 2.45) is 0 Å². The van der Waals surface area contributed by atoms with Crippen LogP contribution in [0.3, 0.4) is 0 Å². The topological polar surface area (TPSA) is 99.6 Å². The molecule has 0 radical (unpaired) electrons. The molecule has 3 aromatic rings. The van der Waals surface area contributed by atoms with Crippen molar-refractivity contribution in [2.75, 3.05) is 5.73 Å². The number of hydrogen-bond acceptors (Lipinski definition) is 5. The Kier molecular flexibility index (Phi) is 4.23. The number of aromatic nitrogens is 2. The van der Waals surface area contributed by atoms with Crippen molar-refractivity contribution >= 4 is 22.9 Å². The maximum atomic E-state index is 11.1. The number of carbonyl (C=O) groups is 1. The van der Waals surface area contributed by atoms with Crippen LogP contribution in [0.15, 0.2) is 36.4 Å². The highest BCUT2D eigenvalue weighted by atomic mass is 16.8. The van der Waals surface area contributed by atoms with Gasteiger partial charge in [-0.15, -0.1) is 0 Å². The van der Waals surface area contributed by atoms with Gasteiger partial charge >= 0.3 is 6.16 Å². The first kappa shape index (κ1) is 17.6. The fourth-order valence-electron chi connectivity index (χ4n) is 2.66. The summed E-state index contributed by atoms with van der Waals surface area (Å²) in [5.41, 5.74) is 8.09. The number of fused-ring (bicyclic) bond motifs is 1. The van der Waals surface area contributed by atoms with Gasteiger partial charge in [0.15, 0.2) is 5.82 Å². The van der Waals surface area contributed by atoms with E-state index in [1.807, 2.05) is 39.8 Å². The summed E-state index contributed by atoms with van der Waals surface area (Å²) < 4.78 is 7.17. The highest BCUT2D eigenvalue weighted by Gasteiger charge is 2.25. The summed E-state index contributed by atoms with van der Waals surface area (Å²) >= 11 is 0. The van der Waals surface area contributed by atoms with Crippen LogP contribution in [0.2, 0.25) is 0 Å². The number of aryl methyl sites for hydroxylation is 1. The predicted octanol–water partition coefficient (Wildman–Crippen LogP) is 4.12. The fraction of sp³-hybridized carbons (Fsp3) is 0.263. The molecule has 7 heteroatoms. The normalized spacial score (nSPS) is 11.5. The third kappa shape index (κ3) is 3.42. The SMILES string of the molecule is Cc1cc(N)ccc1Oc1ccc2c(c1)nc(C(C)(C)C)n2OC(=O)O. The first-order valence-corrected chi connectivity index (χ1v) is 8.13. The summed E-state index contributed by atoms with van der Waals surface area (Å²) in [6.45, 7) is 7.72. The van der Waals surface area contributed by atoms with Crippen LogP contribution in [-0.2, 0) is 5.41 Å². The van der Waals surface area contributed by atoms with E-state index in [1.165, 1.54) is 4.73 Å². The number of anilines is 1. The van der Waals surface area contributed by atoms with Crippen molar-refractivity contribution < 1.29 is 19.5 Å². The first-order chi connectivity index (χ1) is 12.1. The maximum absolute atomic E-state index is 11.1. The van der Waals surface area contributed by atoms with Crippen molar-refractivity contribution in [3.63, 3.8) is 0 Å². The Morgan fingerprint density at radius 2 is 1.92 bits per heavy atom. The summed E-state index contributed by atoms with van der Waals surface area (Å²) in [6, 6.07) is 10.6. The van der Waals surface area contributed by atoms with Crippen LogP contribution < -0.4 is 15.3 Å². The highest BCUT2D eigenvalue weighted by Crippen LogP contribution is 2.31. The zero-order chi connectivity index (χ0) is 19.1. The minimum atomic E-state index is -1.40. The smallest absolute Gasteiger partial charge is 0.457 e. The molecule has 7 nitrogen and oxygen atoms in total. The molecule has 0 saturated heterocycles. The van der Waals surface area contributed by atoms with Gasteiger partial charge in [-0.2, -0.15) is 4.73 Å². The van der Waals surface area contributed by atoms with Gasteiger partial charge in [-0.1, -0.05) is 20.8 Å². The van der Waals surface area contributed by atoms with E-state index in [1.54, 1.807) is 24.3 Å². The quantitative estimate of drug-likeness (QED) is 0.686. The lowest BCUT2D eigenvalue weighted by molar-refractivity contribution is 0.0797.